The Kier molecular flexibility index (Phi) is 4.14. The quantitative estimate of drug-likeness (QED) is 0.928. The normalized spacial score (nSPS) is 19.6. The Bertz CT molecular complexity index is 569. The van der Waals surface area contributed by atoms with E-state index >= 15 is 0 Å². The van der Waals surface area contributed by atoms with Gasteiger partial charge in [-0.3, -0.25) is 4.90 Å². The van der Waals surface area contributed by atoms with E-state index in [2.05, 4.69) is 36.3 Å². The van der Waals surface area contributed by atoms with Crippen LogP contribution in [0.5, 0.6) is 0 Å². The lowest BCUT2D eigenvalue weighted by Gasteiger charge is -2.12. The summed E-state index contributed by atoms with van der Waals surface area (Å²) in [6.07, 6.45) is 1.17. The van der Waals surface area contributed by atoms with Crippen LogP contribution in [-0.2, 0) is 6.54 Å². The molecule has 2 heterocycles. The maximum Gasteiger partial charge on any atom is 0.247 e. The molecule has 20 heavy (non-hydrogen) atoms. The van der Waals surface area contributed by atoms with Gasteiger partial charge in [0.05, 0.1) is 6.54 Å². The maximum atomic E-state index is 5.74. The van der Waals surface area contributed by atoms with Crippen LogP contribution in [0, 0.1) is 0 Å². The standard InChI is InChI=1S/C14H17BrN4O/c1-16-12-6-7-19(8-12)9-13-17-18-14(20-13)10-2-4-11(15)5-3-10/h2-5,12,16H,6-9H2,1H3. The third-order valence-electron chi connectivity index (χ3n) is 3.60. The van der Waals surface area contributed by atoms with Crippen LogP contribution in [0.25, 0.3) is 11.5 Å². The lowest BCUT2D eigenvalue weighted by molar-refractivity contribution is 0.286. The van der Waals surface area contributed by atoms with Gasteiger partial charge in [-0.2, -0.15) is 0 Å². The molecule has 1 saturated heterocycles. The Hall–Kier alpha value is -1.24. The van der Waals surface area contributed by atoms with Gasteiger partial charge in [0.1, 0.15) is 0 Å². The van der Waals surface area contributed by atoms with E-state index in [-0.39, 0.29) is 0 Å². The first-order chi connectivity index (χ1) is 9.74. The number of aromatic nitrogens is 2. The van der Waals surface area contributed by atoms with Crippen molar-refractivity contribution in [1.29, 1.82) is 0 Å². The molecule has 1 aliphatic rings. The summed E-state index contributed by atoms with van der Waals surface area (Å²) < 4.78 is 6.78. The van der Waals surface area contributed by atoms with Gasteiger partial charge < -0.3 is 9.73 Å². The van der Waals surface area contributed by atoms with Gasteiger partial charge in [-0.25, -0.2) is 0 Å². The van der Waals surface area contributed by atoms with Crippen LogP contribution in [-0.4, -0.2) is 41.3 Å². The Labute approximate surface area is 126 Å². The average Bonchev–Trinajstić information content (AvgIpc) is 3.09. The predicted molar refractivity (Wildman–Crippen MR) is 80.2 cm³/mol. The lowest BCUT2D eigenvalue weighted by atomic mass is 10.2. The third kappa shape index (κ3) is 3.08. The second-order valence-electron chi connectivity index (χ2n) is 5.02. The van der Waals surface area contributed by atoms with E-state index < -0.39 is 0 Å². The molecular formula is C14H17BrN4O. The molecule has 1 fully saturated rings. The van der Waals surface area contributed by atoms with Gasteiger partial charge in [-0.15, -0.1) is 10.2 Å². The first kappa shape index (κ1) is 13.7. The third-order valence-corrected chi connectivity index (χ3v) is 4.13. The van der Waals surface area contributed by atoms with Crippen LogP contribution in [0.2, 0.25) is 0 Å². The molecule has 0 saturated carbocycles. The second kappa shape index (κ2) is 6.03. The van der Waals surface area contributed by atoms with Crippen molar-refractivity contribution in [2.75, 3.05) is 20.1 Å². The van der Waals surface area contributed by atoms with Gasteiger partial charge in [-0.1, -0.05) is 15.9 Å². The van der Waals surface area contributed by atoms with Crippen LogP contribution in [0.3, 0.4) is 0 Å². The van der Waals surface area contributed by atoms with Gasteiger partial charge in [0.15, 0.2) is 0 Å². The first-order valence-corrected chi connectivity index (χ1v) is 7.52. The Morgan fingerprint density at radius 1 is 1.35 bits per heavy atom. The summed E-state index contributed by atoms with van der Waals surface area (Å²) in [7, 11) is 2.01. The van der Waals surface area contributed by atoms with Gasteiger partial charge >= 0.3 is 0 Å². The molecular weight excluding hydrogens is 320 g/mol. The molecule has 1 aliphatic heterocycles. The molecule has 0 bridgehead atoms. The maximum absolute atomic E-state index is 5.74. The van der Waals surface area contributed by atoms with E-state index in [9.17, 15) is 0 Å². The van der Waals surface area contributed by atoms with Crippen LogP contribution in [0.15, 0.2) is 33.2 Å². The number of benzene rings is 1. The van der Waals surface area contributed by atoms with Crippen LogP contribution in [0.4, 0.5) is 0 Å². The van der Waals surface area contributed by atoms with Crippen LogP contribution >= 0.6 is 15.9 Å². The molecule has 1 atom stereocenters. The van der Waals surface area contributed by atoms with Crippen molar-refractivity contribution in [3.8, 4) is 11.5 Å². The van der Waals surface area contributed by atoms with Gasteiger partial charge in [-0.05, 0) is 37.7 Å². The molecule has 0 spiro atoms. The molecule has 0 amide bonds. The van der Waals surface area contributed by atoms with E-state index in [1.54, 1.807) is 0 Å². The predicted octanol–water partition coefficient (Wildman–Crippen LogP) is 2.29. The molecule has 5 nitrogen and oxygen atoms in total. The minimum Gasteiger partial charge on any atom is -0.419 e. The molecule has 1 aromatic carbocycles. The fourth-order valence-corrected chi connectivity index (χ4v) is 2.69. The topological polar surface area (TPSA) is 54.2 Å². The number of rotatable bonds is 4. The zero-order chi connectivity index (χ0) is 13.9. The molecule has 0 aliphatic carbocycles. The van der Waals surface area contributed by atoms with Crippen LogP contribution < -0.4 is 5.32 Å². The summed E-state index contributed by atoms with van der Waals surface area (Å²) in [5, 5.41) is 11.6. The summed E-state index contributed by atoms with van der Waals surface area (Å²) >= 11 is 3.41. The number of likely N-dealkylation sites (N-methyl/N-ethyl adjacent to an activating group) is 1. The fourth-order valence-electron chi connectivity index (χ4n) is 2.43. The molecule has 3 rings (SSSR count). The zero-order valence-corrected chi connectivity index (χ0v) is 12.9. The molecule has 106 valence electrons. The molecule has 0 radical (unpaired) electrons. The van der Waals surface area contributed by atoms with Gasteiger partial charge in [0, 0.05) is 29.2 Å². The lowest BCUT2D eigenvalue weighted by Crippen LogP contribution is -2.29. The SMILES string of the molecule is CNC1CCN(Cc2nnc(-c3ccc(Br)cc3)o2)C1. The largest absolute Gasteiger partial charge is 0.419 e. The Morgan fingerprint density at radius 3 is 2.85 bits per heavy atom. The highest BCUT2D eigenvalue weighted by Gasteiger charge is 2.22. The highest BCUT2D eigenvalue weighted by molar-refractivity contribution is 9.10. The smallest absolute Gasteiger partial charge is 0.247 e. The Morgan fingerprint density at radius 2 is 2.15 bits per heavy atom. The zero-order valence-electron chi connectivity index (χ0n) is 11.3. The van der Waals surface area contributed by atoms with Gasteiger partial charge in [0.2, 0.25) is 11.8 Å². The van der Waals surface area contributed by atoms with E-state index in [0.29, 0.717) is 17.8 Å². The van der Waals surface area contributed by atoms with Crippen molar-refractivity contribution in [1.82, 2.24) is 20.4 Å². The van der Waals surface area contributed by atoms with Crippen molar-refractivity contribution in [3.05, 3.63) is 34.6 Å². The van der Waals surface area contributed by atoms with E-state index in [4.69, 9.17) is 4.42 Å². The summed E-state index contributed by atoms with van der Waals surface area (Å²) in [5.74, 6) is 1.26. The number of hydrogen-bond donors (Lipinski definition) is 1. The van der Waals surface area contributed by atoms with E-state index in [1.165, 1.54) is 6.42 Å². The van der Waals surface area contributed by atoms with Crippen LogP contribution in [0.1, 0.15) is 12.3 Å². The van der Waals surface area contributed by atoms with Gasteiger partial charge in [0.25, 0.3) is 0 Å². The summed E-state index contributed by atoms with van der Waals surface area (Å²) in [6.45, 7) is 2.83. The average molecular weight is 337 g/mol. The number of halogens is 1. The monoisotopic (exact) mass is 336 g/mol. The van der Waals surface area contributed by atoms with Crippen molar-refractivity contribution in [2.24, 2.45) is 0 Å². The number of nitrogens with one attached hydrogen (secondary N) is 1. The number of likely N-dealkylation sites (tertiary alicyclic amines) is 1. The first-order valence-electron chi connectivity index (χ1n) is 6.72. The highest BCUT2D eigenvalue weighted by Crippen LogP contribution is 2.21. The van der Waals surface area contributed by atoms with Crippen molar-refractivity contribution < 1.29 is 4.42 Å². The number of nitrogens with zero attached hydrogens (tertiary/aromatic N) is 3. The van der Waals surface area contributed by atoms with E-state index in [0.717, 1.165) is 29.7 Å². The van der Waals surface area contributed by atoms with Crippen molar-refractivity contribution >= 4 is 15.9 Å². The minimum atomic E-state index is 0.573. The van der Waals surface area contributed by atoms with Crippen molar-refractivity contribution in [2.45, 2.75) is 19.0 Å². The Balaban J connectivity index is 1.66. The molecule has 2 aromatic rings. The molecule has 1 unspecified atom stereocenters. The molecule has 1 aromatic heterocycles. The minimum absolute atomic E-state index is 0.573. The van der Waals surface area contributed by atoms with Crippen molar-refractivity contribution in [3.63, 3.8) is 0 Å². The molecule has 6 heteroatoms. The molecule has 1 N–H and O–H groups in total. The number of hydrogen-bond acceptors (Lipinski definition) is 5. The fraction of sp³-hybridized carbons (Fsp3) is 0.429. The summed E-state index contributed by atoms with van der Waals surface area (Å²) in [5.41, 5.74) is 0.946. The second-order valence-corrected chi connectivity index (χ2v) is 5.93. The highest BCUT2D eigenvalue weighted by atomic mass is 79.9. The van der Waals surface area contributed by atoms with E-state index in [1.807, 2.05) is 31.3 Å². The summed E-state index contributed by atoms with van der Waals surface area (Å²) in [4.78, 5) is 2.33. The summed E-state index contributed by atoms with van der Waals surface area (Å²) in [6, 6.07) is 8.44.